The van der Waals surface area contributed by atoms with Gasteiger partial charge in [-0.15, -0.1) is 0 Å². The van der Waals surface area contributed by atoms with E-state index in [0.717, 1.165) is 31.5 Å². The molecule has 0 radical (unpaired) electrons. The van der Waals surface area contributed by atoms with E-state index in [4.69, 9.17) is 14.2 Å². The van der Waals surface area contributed by atoms with Gasteiger partial charge in [0.15, 0.2) is 11.4 Å². The highest BCUT2D eigenvalue weighted by Crippen LogP contribution is 2.32. The SMILES string of the molecule is CCOC(=O)C1=C(C)N=c2s/c(=C/c3ccc(OCC(=O)N4CCCC4)cc3)c(=O)n2[C@@H]1c1cccc(OC)c1. The number of allylic oxidation sites excluding steroid dienone is 1. The minimum Gasteiger partial charge on any atom is -0.497 e. The third-order valence-electron chi connectivity index (χ3n) is 6.93. The monoisotopic (exact) mass is 561 g/mol. The fourth-order valence-electron chi connectivity index (χ4n) is 4.93. The van der Waals surface area contributed by atoms with Crippen molar-refractivity contribution in [3.63, 3.8) is 0 Å². The maximum absolute atomic E-state index is 13.8. The standard InChI is InChI=1S/C30H31N3O6S/c1-4-38-29(36)26-19(2)31-30-33(27(26)21-8-7-9-23(17-21)37-3)28(35)24(40-30)16-20-10-12-22(13-11-20)39-18-25(34)32-14-5-6-15-32/h7-13,16-17,27H,4-6,14-15,18H2,1-3H3/b24-16+/t27-/m1/s1. The molecule has 3 aromatic rings. The molecule has 0 spiro atoms. The minimum atomic E-state index is -0.712. The first-order chi connectivity index (χ1) is 19.4. The van der Waals surface area contributed by atoms with Gasteiger partial charge in [-0.1, -0.05) is 35.6 Å². The molecule has 0 bridgehead atoms. The molecular formula is C30H31N3O6S. The van der Waals surface area contributed by atoms with E-state index in [0.29, 0.717) is 37.7 Å². The summed E-state index contributed by atoms with van der Waals surface area (Å²) in [7, 11) is 1.57. The molecule has 208 valence electrons. The molecular weight excluding hydrogens is 530 g/mol. The maximum atomic E-state index is 13.8. The van der Waals surface area contributed by atoms with Gasteiger partial charge in [0.1, 0.15) is 11.5 Å². The number of benzene rings is 2. The van der Waals surface area contributed by atoms with Crippen LogP contribution < -0.4 is 24.4 Å². The number of carbonyl (C=O) groups excluding carboxylic acids is 2. The molecule has 1 amide bonds. The number of amides is 1. The number of methoxy groups -OCH3 is 1. The Morgan fingerprint density at radius 3 is 2.55 bits per heavy atom. The molecule has 0 unspecified atom stereocenters. The summed E-state index contributed by atoms with van der Waals surface area (Å²) in [6.07, 6.45) is 3.86. The highest BCUT2D eigenvalue weighted by atomic mass is 32.1. The first kappa shape index (κ1) is 27.4. The first-order valence-electron chi connectivity index (χ1n) is 13.2. The Morgan fingerprint density at radius 2 is 1.85 bits per heavy atom. The van der Waals surface area contributed by atoms with Crippen molar-refractivity contribution in [3.8, 4) is 11.5 Å². The van der Waals surface area contributed by atoms with E-state index >= 15 is 0 Å². The predicted molar refractivity (Wildman–Crippen MR) is 151 cm³/mol. The van der Waals surface area contributed by atoms with Crippen molar-refractivity contribution >= 4 is 29.3 Å². The Hall–Kier alpha value is -4.18. The third kappa shape index (κ3) is 5.58. The number of esters is 1. The average molecular weight is 562 g/mol. The van der Waals surface area contributed by atoms with E-state index < -0.39 is 12.0 Å². The number of ether oxygens (including phenoxy) is 3. The smallest absolute Gasteiger partial charge is 0.338 e. The number of aromatic nitrogens is 1. The Morgan fingerprint density at radius 1 is 1.10 bits per heavy atom. The quantitative estimate of drug-likeness (QED) is 0.392. The van der Waals surface area contributed by atoms with Crippen molar-refractivity contribution in [1.29, 1.82) is 0 Å². The summed E-state index contributed by atoms with van der Waals surface area (Å²) in [5.74, 6) is 0.677. The van der Waals surface area contributed by atoms with Gasteiger partial charge in [0.25, 0.3) is 11.5 Å². The number of rotatable bonds is 8. The molecule has 2 aliphatic heterocycles. The van der Waals surface area contributed by atoms with Gasteiger partial charge in [-0.25, -0.2) is 9.79 Å². The summed E-state index contributed by atoms with van der Waals surface area (Å²) in [5, 5.41) is 0. The molecule has 5 rings (SSSR count). The summed E-state index contributed by atoms with van der Waals surface area (Å²) in [5.41, 5.74) is 2.07. The van der Waals surface area contributed by atoms with Crippen molar-refractivity contribution in [2.24, 2.45) is 4.99 Å². The number of nitrogens with zero attached hydrogens (tertiary/aromatic N) is 3. The van der Waals surface area contributed by atoms with Crippen LogP contribution in [0.2, 0.25) is 0 Å². The molecule has 2 aromatic carbocycles. The second-order valence-electron chi connectivity index (χ2n) is 9.52. The maximum Gasteiger partial charge on any atom is 0.338 e. The summed E-state index contributed by atoms with van der Waals surface area (Å²) in [6, 6.07) is 13.8. The molecule has 2 aliphatic rings. The van der Waals surface area contributed by atoms with Crippen molar-refractivity contribution in [2.75, 3.05) is 33.4 Å². The van der Waals surface area contributed by atoms with Gasteiger partial charge in [0.05, 0.1) is 35.6 Å². The van der Waals surface area contributed by atoms with Crippen molar-refractivity contribution in [2.45, 2.75) is 32.7 Å². The topological polar surface area (TPSA) is 99.4 Å². The lowest BCUT2D eigenvalue weighted by atomic mass is 9.95. The lowest BCUT2D eigenvalue weighted by Crippen LogP contribution is -2.39. The number of fused-ring (bicyclic) bond motifs is 1. The van der Waals surface area contributed by atoms with Crippen LogP contribution in [0.1, 0.15) is 43.9 Å². The Kier molecular flexibility index (Phi) is 8.16. The van der Waals surface area contributed by atoms with Crippen LogP contribution in [0.25, 0.3) is 6.08 Å². The van der Waals surface area contributed by atoms with Crippen LogP contribution in [0.5, 0.6) is 11.5 Å². The van der Waals surface area contributed by atoms with Gasteiger partial charge in [-0.3, -0.25) is 14.2 Å². The number of likely N-dealkylation sites (tertiary alicyclic amines) is 1. The Bertz CT molecular complexity index is 1630. The number of hydrogen-bond acceptors (Lipinski definition) is 8. The highest BCUT2D eigenvalue weighted by molar-refractivity contribution is 7.07. The number of thiazole rings is 1. The van der Waals surface area contributed by atoms with Crippen molar-refractivity contribution in [1.82, 2.24) is 9.47 Å². The van der Waals surface area contributed by atoms with E-state index in [9.17, 15) is 14.4 Å². The van der Waals surface area contributed by atoms with Crippen LogP contribution in [0.3, 0.4) is 0 Å². The van der Waals surface area contributed by atoms with Gasteiger partial charge < -0.3 is 19.1 Å². The predicted octanol–water partition coefficient (Wildman–Crippen LogP) is 2.81. The fraction of sp³-hybridized carbons (Fsp3) is 0.333. The average Bonchev–Trinajstić information content (AvgIpc) is 3.60. The lowest BCUT2D eigenvalue weighted by molar-refractivity contribution is -0.139. The molecule has 0 N–H and O–H groups in total. The lowest BCUT2D eigenvalue weighted by Gasteiger charge is -2.25. The van der Waals surface area contributed by atoms with E-state index in [1.165, 1.54) is 11.3 Å². The first-order valence-corrected chi connectivity index (χ1v) is 14.1. The van der Waals surface area contributed by atoms with Gasteiger partial charge >= 0.3 is 5.97 Å². The Balaban J connectivity index is 1.47. The highest BCUT2D eigenvalue weighted by Gasteiger charge is 2.33. The number of hydrogen-bond donors (Lipinski definition) is 0. The summed E-state index contributed by atoms with van der Waals surface area (Å²) < 4.78 is 18.5. The molecule has 1 aromatic heterocycles. The van der Waals surface area contributed by atoms with E-state index in [2.05, 4.69) is 4.99 Å². The zero-order chi connectivity index (χ0) is 28.2. The zero-order valence-corrected chi connectivity index (χ0v) is 23.5. The normalized spacial score (nSPS) is 16.9. The van der Waals surface area contributed by atoms with Gasteiger partial charge in [0, 0.05) is 13.1 Å². The van der Waals surface area contributed by atoms with Gasteiger partial charge in [-0.05, 0) is 68.2 Å². The summed E-state index contributed by atoms with van der Waals surface area (Å²) >= 11 is 1.26. The molecule has 40 heavy (non-hydrogen) atoms. The molecule has 1 saturated heterocycles. The molecule has 0 saturated carbocycles. The van der Waals surface area contributed by atoms with Gasteiger partial charge in [0.2, 0.25) is 0 Å². The van der Waals surface area contributed by atoms with Crippen LogP contribution in [0.15, 0.2) is 69.6 Å². The largest absolute Gasteiger partial charge is 0.497 e. The fourth-order valence-corrected chi connectivity index (χ4v) is 5.98. The summed E-state index contributed by atoms with van der Waals surface area (Å²) in [4.78, 5) is 46.0. The second-order valence-corrected chi connectivity index (χ2v) is 10.5. The van der Waals surface area contributed by atoms with E-state index in [-0.39, 0.29) is 24.7 Å². The second kappa shape index (κ2) is 11.9. The molecule has 9 nitrogen and oxygen atoms in total. The number of carbonyl (C=O) groups is 2. The molecule has 1 fully saturated rings. The minimum absolute atomic E-state index is 0.00433. The van der Waals surface area contributed by atoms with Crippen LogP contribution in [0, 0.1) is 0 Å². The van der Waals surface area contributed by atoms with E-state index in [1.54, 1.807) is 43.7 Å². The van der Waals surface area contributed by atoms with Crippen LogP contribution in [-0.4, -0.2) is 54.8 Å². The molecule has 10 heteroatoms. The third-order valence-corrected chi connectivity index (χ3v) is 7.91. The zero-order valence-electron chi connectivity index (χ0n) is 22.7. The van der Waals surface area contributed by atoms with Gasteiger partial charge in [-0.2, -0.15) is 0 Å². The van der Waals surface area contributed by atoms with Crippen molar-refractivity contribution < 1.29 is 23.8 Å². The van der Waals surface area contributed by atoms with Crippen LogP contribution in [0.4, 0.5) is 0 Å². The van der Waals surface area contributed by atoms with Crippen LogP contribution >= 0.6 is 11.3 Å². The molecule has 1 atom stereocenters. The van der Waals surface area contributed by atoms with E-state index in [1.807, 2.05) is 41.3 Å². The molecule has 3 heterocycles. The van der Waals surface area contributed by atoms with Crippen LogP contribution in [-0.2, 0) is 14.3 Å². The summed E-state index contributed by atoms with van der Waals surface area (Å²) in [6.45, 7) is 5.28. The van der Waals surface area contributed by atoms with Crippen molar-refractivity contribution in [3.05, 3.63) is 90.6 Å². The molecule has 0 aliphatic carbocycles. The Labute approximate surface area is 235 Å².